The Kier molecular flexibility index (Phi) is 7.45. The molecule has 0 aliphatic carbocycles. The second-order valence-corrected chi connectivity index (χ2v) is 8.22. The third kappa shape index (κ3) is 4.91. The molecule has 3 rings (SSSR count). The van der Waals surface area contributed by atoms with Crippen molar-refractivity contribution in [1.82, 2.24) is 14.9 Å². The van der Waals surface area contributed by atoms with Crippen molar-refractivity contribution in [3.8, 4) is 0 Å². The fourth-order valence-corrected chi connectivity index (χ4v) is 4.36. The van der Waals surface area contributed by atoms with E-state index in [2.05, 4.69) is 19.8 Å². The van der Waals surface area contributed by atoms with Gasteiger partial charge in [-0.2, -0.15) is 0 Å². The second-order valence-electron chi connectivity index (χ2n) is 8.22. The highest BCUT2D eigenvalue weighted by Gasteiger charge is 2.29. The monoisotopic (exact) mass is 440 g/mol. The van der Waals surface area contributed by atoms with Crippen molar-refractivity contribution < 1.29 is 19.1 Å². The topological polar surface area (TPSA) is 95.6 Å². The molecule has 1 aliphatic rings. The van der Waals surface area contributed by atoms with Gasteiger partial charge in [0.15, 0.2) is 11.6 Å². The van der Waals surface area contributed by atoms with Gasteiger partial charge in [0.25, 0.3) is 0 Å². The van der Waals surface area contributed by atoms with Crippen LogP contribution >= 0.6 is 0 Å². The first-order valence-corrected chi connectivity index (χ1v) is 11.1. The largest absolute Gasteiger partial charge is 0.462 e. The Hall–Kier alpha value is -3.00. The van der Waals surface area contributed by atoms with Crippen LogP contribution in [-0.4, -0.2) is 71.2 Å². The number of anilines is 1. The summed E-state index contributed by atoms with van der Waals surface area (Å²) in [5.41, 5.74) is 3.05. The molecule has 1 saturated heterocycles. The summed E-state index contributed by atoms with van der Waals surface area (Å²) in [6, 6.07) is 3.27. The maximum absolute atomic E-state index is 13.2. The smallest absolute Gasteiger partial charge is 0.339 e. The van der Waals surface area contributed by atoms with Crippen LogP contribution in [0.15, 0.2) is 18.3 Å². The Morgan fingerprint density at radius 2 is 1.91 bits per heavy atom. The van der Waals surface area contributed by atoms with Gasteiger partial charge in [-0.3, -0.25) is 14.5 Å². The third-order valence-corrected chi connectivity index (χ3v) is 6.08. The molecule has 1 N–H and O–H groups in total. The highest BCUT2D eigenvalue weighted by atomic mass is 16.5. The van der Waals surface area contributed by atoms with Crippen molar-refractivity contribution in [2.45, 2.75) is 47.1 Å². The Morgan fingerprint density at radius 3 is 2.50 bits per heavy atom. The molecule has 0 radical (unpaired) electrons. The van der Waals surface area contributed by atoms with Crippen molar-refractivity contribution in [3.05, 3.63) is 46.4 Å². The summed E-state index contributed by atoms with van der Waals surface area (Å²) < 4.78 is 5.01. The summed E-state index contributed by atoms with van der Waals surface area (Å²) in [6.45, 7) is 12.3. The Bertz CT molecular complexity index is 996. The van der Waals surface area contributed by atoms with Crippen LogP contribution in [0.25, 0.3) is 0 Å². The number of hydrogen-bond donors (Lipinski definition) is 1. The van der Waals surface area contributed by atoms with E-state index in [1.165, 1.54) is 6.92 Å². The number of ether oxygens (including phenoxy) is 1. The van der Waals surface area contributed by atoms with Crippen LogP contribution in [0.5, 0.6) is 0 Å². The molecule has 0 amide bonds. The lowest BCUT2D eigenvalue weighted by atomic mass is 10.0. The predicted molar refractivity (Wildman–Crippen MR) is 123 cm³/mol. The fourth-order valence-electron chi connectivity index (χ4n) is 4.36. The number of carbonyl (C=O) groups is 3. The standard InChI is InChI=1S/C24H32N4O4/c1-6-32-24(31)19-8-9-20(25-14-19)28-11-7-10-27(12-13-28)17(4)23(30)22-15(2)21(18(5)29)16(3)26-22/h8-9,14,17,26H,6-7,10-13H2,1-5H3. The number of carbonyl (C=O) groups excluding carboxylic acids is 3. The van der Waals surface area contributed by atoms with Crippen LogP contribution in [0.4, 0.5) is 5.82 Å². The minimum atomic E-state index is -0.372. The van der Waals surface area contributed by atoms with Gasteiger partial charge in [0.2, 0.25) is 0 Å². The number of esters is 1. The van der Waals surface area contributed by atoms with Gasteiger partial charge in [-0.1, -0.05) is 0 Å². The van der Waals surface area contributed by atoms with E-state index in [1.807, 2.05) is 26.8 Å². The van der Waals surface area contributed by atoms with E-state index < -0.39 is 0 Å². The van der Waals surface area contributed by atoms with Gasteiger partial charge < -0.3 is 14.6 Å². The van der Waals surface area contributed by atoms with Crippen LogP contribution in [-0.2, 0) is 4.74 Å². The molecule has 172 valence electrons. The number of Topliss-reactive ketones (excluding diaryl/α,β-unsaturated/α-hetero) is 2. The molecule has 32 heavy (non-hydrogen) atoms. The van der Waals surface area contributed by atoms with Crippen LogP contribution in [0, 0.1) is 13.8 Å². The molecular weight excluding hydrogens is 408 g/mol. The average Bonchev–Trinajstić information content (AvgIpc) is 2.93. The molecule has 0 bridgehead atoms. The van der Waals surface area contributed by atoms with Gasteiger partial charge in [-0.15, -0.1) is 0 Å². The Balaban J connectivity index is 1.67. The lowest BCUT2D eigenvalue weighted by molar-refractivity contribution is 0.0525. The minimum Gasteiger partial charge on any atom is -0.462 e. The molecule has 1 atom stereocenters. The number of H-pyrrole nitrogens is 1. The molecule has 8 heteroatoms. The molecule has 0 spiro atoms. The predicted octanol–water partition coefficient (Wildman–Crippen LogP) is 3.19. The highest BCUT2D eigenvalue weighted by molar-refractivity contribution is 6.05. The van der Waals surface area contributed by atoms with Crippen molar-refractivity contribution >= 4 is 23.4 Å². The minimum absolute atomic E-state index is 0.00321. The van der Waals surface area contributed by atoms with Gasteiger partial charge in [-0.05, 0) is 58.7 Å². The maximum atomic E-state index is 13.2. The van der Waals surface area contributed by atoms with Crippen molar-refractivity contribution in [1.29, 1.82) is 0 Å². The first kappa shape index (κ1) is 23.7. The molecule has 8 nitrogen and oxygen atoms in total. The first-order valence-electron chi connectivity index (χ1n) is 11.1. The number of nitrogens with zero attached hydrogens (tertiary/aromatic N) is 3. The van der Waals surface area contributed by atoms with Gasteiger partial charge in [0, 0.05) is 43.6 Å². The van der Waals surface area contributed by atoms with E-state index in [9.17, 15) is 14.4 Å². The zero-order chi connectivity index (χ0) is 23.4. The summed E-state index contributed by atoms with van der Waals surface area (Å²) in [6.07, 6.45) is 2.44. The number of aryl methyl sites for hydroxylation is 1. The van der Waals surface area contributed by atoms with Gasteiger partial charge >= 0.3 is 5.97 Å². The summed E-state index contributed by atoms with van der Waals surface area (Å²) in [7, 11) is 0. The molecule has 1 aliphatic heterocycles. The zero-order valence-electron chi connectivity index (χ0n) is 19.5. The summed E-state index contributed by atoms with van der Waals surface area (Å²) in [4.78, 5) is 48.9. The third-order valence-electron chi connectivity index (χ3n) is 6.08. The molecule has 1 fully saturated rings. The molecule has 0 aromatic carbocycles. The first-order chi connectivity index (χ1) is 15.2. The van der Waals surface area contributed by atoms with Crippen LogP contribution in [0.3, 0.4) is 0 Å². The van der Waals surface area contributed by atoms with Gasteiger partial charge in [0.05, 0.1) is 23.9 Å². The Morgan fingerprint density at radius 1 is 1.16 bits per heavy atom. The highest BCUT2D eigenvalue weighted by Crippen LogP contribution is 2.22. The number of aromatic nitrogens is 2. The van der Waals surface area contributed by atoms with Crippen molar-refractivity contribution in [3.63, 3.8) is 0 Å². The van der Waals surface area contributed by atoms with E-state index >= 15 is 0 Å². The fraction of sp³-hybridized carbons (Fsp3) is 0.500. The van der Waals surface area contributed by atoms with Crippen molar-refractivity contribution in [2.75, 3.05) is 37.7 Å². The number of ketones is 2. The SMILES string of the molecule is CCOC(=O)c1ccc(N2CCCN(C(C)C(=O)c3[nH]c(C)c(C(C)=O)c3C)CC2)nc1. The molecule has 1 unspecified atom stereocenters. The number of pyridine rings is 1. The van der Waals surface area contributed by atoms with E-state index in [0.717, 1.165) is 43.1 Å². The number of rotatable bonds is 7. The second kappa shape index (κ2) is 10.1. The number of nitrogens with one attached hydrogen (secondary N) is 1. The summed E-state index contributed by atoms with van der Waals surface area (Å²) in [5.74, 6) is 0.405. The van der Waals surface area contributed by atoms with E-state index in [-0.39, 0.29) is 23.6 Å². The quantitative estimate of drug-likeness (QED) is 0.522. The molecule has 2 aromatic rings. The van der Waals surface area contributed by atoms with E-state index in [4.69, 9.17) is 4.74 Å². The van der Waals surface area contributed by atoms with Crippen molar-refractivity contribution in [2.24, 2.45) is 0 Å². The van der Waals surface area contributed by atoms with E-state index in [0.29, 0.717) is 30.0 Å². The van der Waals surface area contributed by atoms with Crippen LogP contribution < -0.4 is 4.90 Å². The normalized spacial score (nSPS) is 15.8. The lowest BCUT2D eigenvalue weighted by Gasteiger charge is -2.27. The van der Waals surface area contributed by atoms with Gasteiger partial charge in [-0.25, -0.2) is 9.78 Å². The van der Waals surface area contributed by atoms with Crippen LogP contribution in [0.1, 0.15) is 69.7 Å². The zero-order valence-corrected chi connectivity index (χ0v) is 19.5. The lowest BCUT2D eigenvalue weighted by Crippen LogP contribution is -2.41. The van der Waals surface area contributed by atoms with E-state index in [1.54, 1.807) is 19.2 Å². The number of hydrogen-bond acceptors (Lipinski definition) is 7. The molecule has 3 heterocycles. The maximum Gasteiger partial charge on any atom is 0.339 e. The molecular formula is C24H32N4O4. The summed E-state index contributed by atoms with van der Waals surface area (Å²) in [5, 5.41) is 0. The van der Waals surface area contributed by atoms with Crippen LogP contribution in [0.2, 0.25) is 0 Å². The molecule has 2 aromatic heterocycles. The van der Waals surface area contributed by atoms with Gasteiger partial charge in [0.1, 0.15) is 5.82 Å². The average molecular weight is 441 g/mol. The number of aromatic amines is 1. The molecule has 0 saturated carbocycles. The Labute approximate surface area is 189 Å². The summed E-state index contributed by atoms with van der Waals surface area (Å²) >= 11 is 0.